The fourth-order valence-corrected chi connectivity index (χ4v) is 2.18. The first-order chi connectivity index (χ1) is 8.74. The minimum absolute atomic E-state index is 0.0883. The summed E-state index contributed by atoms with van der Waals surface area (Å²) in [4.78, 5) is 11.7. The van der Waals surface area contributed by atoms with Crippen molar-refractivity contribution in [3.05, 3.63) is 53.3 Å². The van der Waals surface area contributed by atoms with Gasteiger partial charge in [0.2, 0.25) is 0 Å². The highest BCUT2D eigenvalue weighted by molar-refractivity contribution is 5.92. The molecule has 2 aromatic rings. The van der Waals surface area contributed by atoms with Gasteiger partial charge in [-0.1, -0.05) is 30.3 Å². The summed E-state index contributed by atoms with van der Waals surface area (Å²) in [5.41, 5.74) is 2.97. The van der Waals surface area contributed by atoms with Gasteiger partial charge in [0.25, 0.3) is 0 Å². The zero-order valence-corrected chi connectivity index (χ0v) is 10.5. The lowest BCUT2D eigenvalue weighted by Crippen LogP contribution is -2.09. The van der Waals surface area contributed by atoms with Crippen LogP contribution in [0.2, 0.25) is 0 Å². The van der Waals surface area contributed by atoms with Crippen LogP contribution in [-0.4, -0.2) is 15.6 Å². The Morgan fingerprint density at radius 1 is 1.33 bits per heavy atom. The van der Waals surface area contributed by atoms with E-state index in [1.165, 1.54) is 18.4 Å². The van der Waals surface area contributed by atoms with Crippen LogP contribution < -0.4 is 0 Å². The molecule has 1 saturated carbocycles. The average Bonchev–Trinajstić information content (AvgIpc) is 3.12. The van der Waals surface area contributed by atoms with Gasteiger partial charge in [-0.05, 0) is 24.5 Å². The van der Waals surface area contributed by atoms with Crippen molar-refractivity contribution in [1.29, 1.82) is 0 Å². The number of hydrogen-bond donors (Lipinski definition) is 0. The molecule has 1 aromatic heterocycles. The number of Topliss-reactive ketones (excluding diaryl/α,β-unsaturated/α-hetero) is 1. The molecule has 0 bridgehead atoms. The molecule has 1 aliphatic carbocycles. The zero-order chi connectivity index (χ0) is 12.5. The van der Waals surface area contributed by atoms with Crippen molar-refractivity contribution in [2.75, 3.05) is 0 Å². The highest BCUT2D eigenvalue weighted by Gasteiger charge is 2.27. The van der Waals surface area contributed by atoms with Crippen molar-refractivity contribution in [2.24, 2.45) is 0 Å². The largest absolute Gasteiger partial charge is 0.293 e. The molecule has 0 N–H and O–H groups in total. The predicted octanol–water partition coefficient (Wildman–Crippen LogP) is 3.01. The Labute approximate surface area is 106 Å². The Morgan fingerprint density at radius 2 is 2.06 bits per heavy atom. The van der Waals surface area contributed by atoms with Gasteiger partial charge in [0, 0.05) is 12.8 Å². The Kier molecular flexibility index (Phi) is 2.74. The third kappa shape index (κ3) is 2.21. The van der Waals surface area contributed by atoms with Crippen LogP contribution in [0.3, 0.4) is 0 Å². The van der Waals surface area contributed by atoms with Gasteiger partial charge >= 0.3 is 0 Å². The van der Waals surface area contributed by atoms with E-state index in [-0.39, 0.29) is 5.78 Å². The summed E-state index contributed by atoms with van der Waals surface area (Å²) in [6.07, 6.45) is 2.42. The maximum Gasteiger partial charge on any atom is 0.177 e. The van der Waals surface area contributed by atoms with Gasteiger partial charge in [0.05, 0.1) is 12.2 Å². The van der Waals surface area contributed by atoms with Crippen molar-refractivity contribution in [1.82, 2.24) is 9.78 Å². The molecule has 0 spiro atoms. The molecule has 92 valence electrons. The van der Waals surface area contributed by atoms with E-state index in [1.54, 1.807) is 6.92 Å². The summed E-state index contributed by atoms with van der Waals surface area (Å²) in [5, 5.41) is 4.58. The molecule has 0 atom stereocenters. The van der Waals surface area contributed by atoms with E-state index in [4.69, 9.17) is 0 Å². The molecule has 0 unspecified atom stereocenters. The number of carbonyl (C=O) groups excluding carboxylic acids is 1. The van der Waals surface area contributed by atoms with Gasteiger partial charge < -0.3 is 0 Å². The molecule has 3 heteroatoms. The van der Waals surface area contributed by atoms with Gasteiger partial charge in [-0.2, -0.15) is 5.10 Å². The van der Waals surface area contributed by atoms with Gasteiger partial charge in [-0.25, -0.2) is 0 Å². The van der Waals surface area contributed by atoms with Crippen LogP contribution in [0.1, 0.15) is 47.4 Å². The van der Waals surface area contributed by atoms with Gasteiger partial charge in [0.1, 0.15) is 5.69 Å². The average molecular weight is 240 g/mol. The lowest BCUT2D eigenvalue weighted by molar-refractivity contribution is 0.100. The molecule has 3 nitrogen and oxygen atoms in total. The number of benzene rings is 1. The number of carbonyl (C=O) groups is 1. The number of rotatable bonds is 4. The fourth-order valence-electron chi connectivity index (χ4n) is 2.18. The summed E-state index contributed by atoms with van der Waals surface area (Å²) in [6, 6.07) is 12.1. The van der Waals surface area contributed by atoms with Gasteiger partial charge in [0.15, 0.2) is 5.78 Å². The Hall–Kier alpha value is -1.90. The summed E-state index contributed by atoms with van der Waals surface area (Å²) < 4.78 is 1.84. The van der Waals surface area contributed by atoms with E-state index in [0.717, 1.165) is 11.4 Å². The maximum atomic E-state index is 11.7. The van der Waals surface area contributed by atoms with Gasteiger partial charge in [-0.3, -0.25) is 9.48 Å². The fraction of sp³-hybridized carbons (Fsp3) is 0.333. The molecule has 18 heavy (non-hydrogen) atoms. The molecular weight excluding hydrogens is 224 g/mol. The molecule has 0 amide bonds. The molecule has 1 aliphatic rings. The van der Waals surface area contributed by atoms with E-state index >= 15 is 0 Å². The number of hydrogen-bond acceptors (Lipinski definition) is 2. The predicted molar refractivity (Wildman–Crippen MR) is 69.8 cm³/mol. The monoisotopic (exact) mass is 240 g/mol. The topological polar surface area (TPSA) is 34.9 Å². The van der Waals surface area contributed by atoms with Crippen molar-refractivity contribution in [3.8, 4) is 0 Å². The summed E-state index contributed by atoms with van der Waals surface area (Å²) in [7, 11) is 0. The smallest absolute Gasteiger partial charge is 0.177 e. The number of aromatic nitrogens is 2. The molecule has 0 saturated heterocycles. The van der Waals surface area contributed by atoms with Crippen molar-refractivity contribution in [2.45, 2.75) is 32.2 Å². The van der Waals surface area contributed by atoms with Crippen LogP contribution in [-0.2, 0) is 6.54 Å². The van der Waals surface area contributed by atoms with E-state index < -0.39 is 0 Å². The zero-order valence-electron chi connectivity index (χ0n) is 10.5. The van der Waals surface area contributed by atoms with Gasteiger partial charge in [-0.15, -0.1) is 0 Å². The molecule has 1 fully saturated rings. The van der Waals surface area contributed by atoms with Crippen LogP contribution in [0.25, 0.3) is 0 Å². The Balaban J connectivity index is 1.92. The van der Waals surface area contributed by atoms with Crippen molar-refractivity contribution >= 4 is 5.78 Å². The first-order valence-electron chi connectivity index (χ1n) is 6.36. The molecule has 0 aliphatic heterocycles. The van der Waals surface area contributed by atoms with Crippen LogP contribution >= 0.6 is 0 Å². The second-order valence-electron chi connectivity index (χ2n) is 4.93. The van der Waals surface area contributed by atoms with E-state index in [9.17, 15) is 4.79 Å². The SMILES string of the molecule is CC(=O)c1cc(C2CC2)nn1Cc1ccccc1. The second-order valence-corrected chi connectivity index (χ2v) is 4.93. The molecule has 1 heterocycles. The molecular formula is C15H16N2O. The molecule has 0 radical (unpaired) electrons. The molecule has 1 aromatic carbocycles. The summed E-state index contributed by atoms with van der Waals surface area (Å²) in [6.45, 7) is 2.28. The highest BCUT2D eigenvalue weighted by Crippen LogP contribution is 2.39. The van der Waals surface area contributed by atoms with Crippen molar-refractivity contribution < 1.29 is 4.79 Å². The third-order valence-electron chi connectivity index (χ3n) is 3.33. The first-order valence-corrected chi connectivity index (χ1v) is 6.36. The van der Waals surface area contributed by atoms with E-state index in [2.05, 4.69) is 17.2 Å². The Bertz CT molecular complexity index is 567. The maximum absolute atomic E-state index is 11.7. The lowest BCUT2D eigenvalue weighted by atomic mass is 10.2. The third-order valence-corrected chi connectivity index (χ3v) is 3.33. The normalized spacial score (nSPS) is 14.7. The summed E-state index contributed by atoms with van der Waals surface area (Å²) >= 11 is 0. The molecule has 3 rings (SSSR count). The highest BCUT2D eigenvalue weighted by atomic mass is 16.1. The minimum Gasteiger partial charge on any atom is -0.293 e. The summed E-state index contributed by atoms with van der Waals surface area (Å²) in [5.74, 6) is 0.672. The van der Waals surface area contributed by atoms with E-state index in [1.807, 2.05) is 28.9 Å². The first kappa shape index (κ1) is 11.2. The van der Waals surface area contributed by atoms with Crippen LogP contribution in [0.15, 0.2) is 36.4 Å². The Morgan fingerprint density at radius 3 is 2.67 bits per heavy atom. The number of ketones is 1. The van der Waals surface area contributed by atoms with Crippen molar-refractivity contribution in [3.63, 3.8) is 0 Å². The van der Waals surface area contributed by atoms with Crippen LogP contribution in [0.4, 0.5) is 0 Å². The quantitative estimate of drug-likeness (QED) is 0.770. The van der Waals surface area contributed by atoms with Crippen LogP contribution in [0.5, 0.6) is 0 Å². The minimum atomic E-state index is 0.0883. The second kappa shape index (κ2) is 4.41. The standard InChI is InChI=1S/C15H16N2O/c1-11(18)15-9-14(13-7-8-13)16-17(15)10-12-5-3-2-4-6-12/h2-6,9,13H,7-8,10H2,1H3. The number of nitrogens with zero attached hydrogens (tertiary/aromatic N) is 2. The van der Waals surface area contributed by atoms with Crippen LogP contribution in [0, 0.1) is 0 Å². The lowest BCUT2D eigenvalue weighted by Gasteiger charge is -2.04. The van der Waals surface area contributed by atoms with E-state index in [0.29, 0.717) is 12.5 Å².